The Morgan fingerprint density at radius 2 is 1.85 bits per heavy atom. The average molecular weight is 269 g/mol. The lowest BCUT2D eigenvalue weighted by molar-refractivity contribution is 0.112. The molecule has 0 atom stereocenters. The first kappa shape index (κ1) is 13.1. The molecule has 0 bridgehead atoms. The van der Waals surface area contributed by atoms with Crippen LogP contribution >= 0.6 is 0 Å². The Kier molecular flexibility index (Phi) is 3.68. The molecule has 1 aliphatic carbocycles. The molecular weight excluding hydrogens is 250 g/mol. The molecule has 0 unspecified atom stereocenters. The van der Waals surface area contributed by atoms with E-state index in [0.29, 0.717) is 22.9 Å². The molecule has 104 valence electrons. The summed E-state index contributed by atoms with van der Waals surface area (Å²) in [6, 6.07) is 8.41. The third kappa shape index (κ3) is 2.40. The Hall–Kier alpha value is -1.90. The van der Waals surface area contributed by atoms with E-state index >= 15 is 0 Å². The molecule has 1 aromatic heterocycles. The second-order valence-electron chi connectivity index (χ2n) is 5.59. The Bertz CT molecular complexity index is 592. The van der Waals surface area contributed by atoms with Crippen LogP contribution in [0.3, 0.4) is 0 Å². The molecule has 2 aromatic rings. The summed E-state index contributed by atoms with van der Waals surface area (Å²) in [6.45, 7) is 1.78. The molecule has 1 heterocycles. The summed E-state index contributed by atoms with van der Waals surface area (Å²) in [7, 11) is 0. The van der Waals surface area contributed by atoms with Crippen LogP contribution in [0.5, 0.6) is 0 Å². The van der Waals surface area contributed by atoms with E-state index < -0.39 is 0 Å². The number of nitrogens with zero attached hydrogens (tertiary/aromatic N) is 1. The molecule has 0 saturated heterocycles. The van der Waals surface area contributed by atoms with E-state index in [1.165, 1.54) is 37.7 Å². The Balaban J connectivity index is 1.87. The third-order valence-corrected chi connectivity index (χ3v) is 4.28. The summed E-state index contributed by atoms with van der Waals surface area (Å²) in [6.07, 6.45) is 7.44. The lowest BCUT2D eigenvalue weighted by atomic mass is 9.84. The number of carbonyl (C=O) groups is 1. The molecule has 0 N–H and O–H groups in total. The van der Waals surface area contributed by atoms with Crippen LogP contribution in [-0.4, -0.2) is 11.4 Å². The second-order valence-corrected chi connectivity index (χ2v) is 5.59. The zero-order chi connectivity index (χ0) is 13.9. The van der Waals surface area contributed by atoms with Gasteiger partial charge in [-0.05, 0) is 31.2 Å². The van der Waals surface area contributed by atoms with Gasteiger partial charge in [-0.25, -0.2) is 0 Å². The largest absolute Gasteiger partial charge is 0.355 e. The minimum atomic E-state index is 0.551. The second kappa shape index (κ2) is 5.61. The minimum Gasteiger partial charge on any atom is -0.355 e. The van der Waals surface area contributed by atoms with Gasteiger partial charge >= 0.3 is 0 Å². The van der Waals surface area contributed by atoms with Crippen LogP contribution in [0.25, 0.3) is 11.3 Å². The van der Waals surface area contributed by atoms with Crippen molar-refractivity contribution >= 4 is 6.29 Å². The first-order chi connectivity index (χ1) is 9.79. The predicted molar refractivity (Wildman–Crippen MR) is 77.9 cm³/mol. The van der Waals surface area contributed by atoms with E-state index in [0.717, 1.165) is 11.8 Å². The van der Waals surface area contributed by atoms with Crippen LogP contribution in [0.2, 0.25) is 0 Å². The summed E-state index contributed by atoms with van der Waals surface area (Å²) in [5.41, 5.74) is 3.52. The minimum absolute atomic E-state index is 0.551. The standard InChI is InChI=1S/C17H19NO2/c1-12-16(11-19)17(20-18-12)15-9-7-14(8-10-15)13-5-3-2-4-6-13/h7-11,13H,2-6H2,1H3. The van der Waals surface area contributed by atoms with Gasteiger partial charge in [0.1, 0.15) is 0 Å². The molecule has 3 nitrogen and oxygen atoms in total. The smallest absolute Gasteiger partial charge is 0.177 e. The number of aldehydes is 1. The first-order valence-electron chi connectivity index (χ1n) is 7.31. The van der Waals surface area contributed by atoms with Crippen LogP contribution in [-0.2, 0) is 0 Å². The molecule has 1 aliphatic rings. The lowest BCUT2D eigenvalue weighted by Crippen LogP contribution is -2.04. The molecular formula is C17H19NO2. The van der Waals surface area contributed by atoms with Crippen LogP contribution < -0.4 is 0 Å². The summed E-state index contributed by atoms with van der Waals surface area (Å²) >= 11 is 0. The van der Waals surface area contributed by atoms with Crippen molar-refractivity contribution in [3.8, 4) is 11.3 Å². The predicted octanol–water partition coefficient (Wildman–Crippen LogP) is 4.51. The fourth-order valence-electron chi connectivity index (χ4n) is 3.07. The number of carbonyl (C=O) groups excluding carboxylic acids is 1. The van der Waals surface area contributed by atoms with E-state index in [2.05, 4.69) is 17.3 Å². The van der Waals surface area contributed by atoms with Gasteiger partial charge in [0.25, 0.3) is 0 Å². The Morgan fingerprint density at radius 3 is 2.50 bits per heavy atom. The van der Waals surface area contributed by atoms with Gasteiger partial charge in [-0.3, -0.25) is 4.79 Å². The molecule has 0 radical (unpaired) electrons. The maximum Gasteiger partial charge on any atom is 0.177 e. The van der Waals surface area contributed by atoms with Gasteiger partial charge < -0.3 is 4.52 Å². The average Bonchev–Trinajstić information content (AvgIpc) is 2.89. The number of aromatic nitrogens is 1. The van der Waals surface area contributed by atoms with Gasteiger partial charge in [-0.2, -0.15) is 0 Å². The fraction of sp³-hybridized carbons (Fsp3) is 0.412. The summed E-state index contributed by atoms with van der Waals surface area (Å²) in [5, 5.41) is 3.87. The normalized spacial score (nSPS) is 16.2. The van der Waals surface area contributed by atoms with E-state index in [1.54, 1.807) is 6.92 Å². The molecule has 0 amide bonds. The van der Waals surface area contributed by atoms with Crippen molar-refractivity contribution in [2.45, 2.75) is 44.9 Å². The quantitative estimate of drug-likeness (QED) is 0.770. The number of hydrogen-bond donors (Lipinski definition) is 0. The maximum absolute atomic E-state index is 11.1. The van der Waals surface area contributed by atoms with Gasteiger partial charge in [0.15, 0.2) is 12.0 Å². The van der Waals surface area contributed by atoms with Crippen molar-refractivity contribution in [1.82, 2.24) is 5.16 Å². The van der Waals surface area contributed by atoms with Crippen LogP contribution in [0.1, 0.15) is 59.6 Å². The van der Waals surface area contributed by atoms with Gasteiger partial charge in [0.2, 0.25) is 0 Å². The SMILES string of the molecule is Cc1noc(-c2ccc(C3CCCCC3)cc2)c1C=O. The van der Waals surface area contributed by atoms with Crippen molar-refractivity contribution < 1.29 is 9.32 Å². The zero-order valence-electron chi connectivity index (χ0n) is 11.8. The van der Waals surface area contributed by atoms with Crippen molar-refractivity contribution in [3.05, 3.63) is 41.1 Å². The Labute approximate surface area is 119 Å². The number of rotatable bonds is 3. The van der Waals surface area contributed by atoms with Gasteiger partial charge in [0, 0.05) is 5.56 Å². The van der Waals surface area contributed by atoms with Crippen LogP contribution in [0.4, 0.5) is 0 Å². The lowest BCUT2D eigenvalue weighted by Gasteiger charge is -2.21. The molecule has 1 aromatic carbocycles. The van der Waals surface area contributed by atoms with Crippen LogP contribution in [0.15, 0.2) is 28.8 Å². The van der Waals surface area contributed by atoms with E-state index in [9.17, 15) is 4.79 Å². The Morgan fingerprint density at radius 1 is 1.15 bits per heavy atom. The van der Waals surface area contributed by atoms with Gasteiger partial charge in [-0.1, -0.05) is 48.7 Å². The number of benzene rings is 1. The monoisotopic (exact) mass is 269 g/mol. The van der Waals surface area contributed by atoms with E-state index in [4.69, 9.17) is 4.52 Å². The van der Waals surface area contributed by atoms with Crippen molar-refractivity contribution in [1.29, 1.82) is 0 Å². The van der Waals surface area contributed by atoms with Crippen LogP contribution in [0, 0.1) is 6.92 Å². The number of hydrogen-bond acceptors (Lipinski definition) is 3. The maximum atomic E-state index is 11.1. The van der Waals surface area contributed by atoms with Crippen molar-refractivity contribution in [2.24, 2.45) is 0 Å². The highest BCUT2D eigenvalue weighted by atomic mass is 16.5. The molecule has 0 aliphatic heterocycles. The summed E-state index contributed by atoms with van der Waals surface area (Å²) in [5.74, 6) is 1.27. The molecule has 1 saturated carbocycles. The van der Waals surface area contributed by atoms with Gasteiger partial charge in [0.05, 0.1) is 11.3 Å². The summed E-state index contributed by atoms with van der Waals surface area (Å²) in [4.78, 5) is 11.1. The molecule has 1 fully saturated rings. The topological polar surface area (TPSA) is 43.1 Å². The molecule has 0 spiro atoms. The third-order valence-electron chi connectivity index (χ3n) is 4.28. The van der Waals surface area contributed by atoms with E-state index in [1.807, 2.05) is 12.1 Å². The highest BCUT2D eigenvalue weighted by Gasteiger charge is 2.17. The highest BCUT2D eigenvalue weighted by Crippen LogP contribution is 2.34. The zero-order valence-corrected chi connectivity index (χ0v) is 11.8. The fourth-order valence-corrected chi connectivity index (χ4v) is 3.07. The van der Waals surface area contributed by atoms with Gasteiger partial charge in [-0.15, -0.1) is 0 Å². The summed E-state index contributed by atoms with van der Waals surface area (Å²) < 4.78 is 5.28. The molecule has 20 heavy (non-hydrogen) atoms. The first-order valence-corrected chi connectivity index (χ1v) is 7.31. The molecule has 3 heteroatoms. The van der Waals surface area contributed by atoms with Crippen molar-refractivity contribution in [2.75, 3.05) is 0 Å². The van der Waals surface area contributed by atoms with Crippen molar-refractivity contribution in [3.63, 3.8) is 0 Å². The highest BCUT2D eigenvalue weighted by molar-refractivity contribution is 5.86. The molecule has 3 rings (SSSR count). The van der Waals surface area contributed by atoms with E-state index in [-0.39, 0.29) is 0 Å². The number of aryl methyl sites for hydroxylation is 1.